The van der Waals surface area contributed by atoms with Crippen LogP contribution in [-0.4, -0.2) is 44.3 Å². The van der Waals surface area contributed by atoms with E-state index in [-0.39, 0.29) is 5.54 Å². The van der Waals surface area contributed by atoms with Crippen molar-refractivity contribution in [1.29, 1.82) is 0 Å². The van der Waals surface area contributed by atoms with E-state index in [2.05, 4.69) is 18.9 Å². The topological polar surface area (TPSA) is 38.5 Å². The third kappa shape index (κ3) is 2.71. The molecule has 1 fully saturated rings. The summed E-state index contributed by atoms with van der Waals surface area (Å²) in [5, 5.41) is 0. The Morgan fingerprint density at radius 2 is 2.20 bits per heavy atom. The van der Waals surface area contributed by atoms with Crippen LogP contribution in [-0.2, 0) is 4.74 Å². The molecule has 0 aromatic rings. The minimum atomic E-state index is 0.219. The van der Waals surface area contributed by atoms with Gasteiger partial charge in [0.2, 0.25) is 0 Å². The predicted octanol–water partition coefficient (Wildman–Crippen LogP) is 1.47. The van der Waals surface area contributed by atoms with Gasteiger partial charge in [-0.15, -0.1) is 0 Å². The molecule has 1 rings (SSSR count). The predicted molar refractivity (Wildman–Crippen MR) is 63.9 cm³/mol. The molecule has 2 unspecified atom stereocenters. The molecular weight excluding hydrogens is 188 g/mol. The summed E-state index contributed by atoms with van der Waals surface area (Å²) in [5.74, 6) is 0.707. The second kappa shape index (κ2) is 5.83. The molecule has 0 bridgehead atoms. The molecule has 0 radical (unpaired) electrons. The second-order valence-electron chi connectivity index (χ2n) is 4.87. The molecule has 1 saturated carbocycles. The quantitative estimate of drug-likeness (QED) is 0.753. The number of methoxy groups -OCH3 is 1. The van der Waals surface area contributed by atoms with Gasteiger partial charge in [0.15, 0.2) is 0 Å². The fourth-order valence-corrected chi connectivity index (χ4v) is 2.87. The first-order chi connectivity index (χ1) is 7.17. The molecule has 0 heterocycles. The molecule has 90 valence electrons. The Labute approximate surface area is 94.0 Å². The summed E-state index contributed by atoms with van der Waals surface area (Å²) in [6.45, 7) is 4.90. The lowest BCUT2D eigenvalue weighted by molar-refractivity contribution is 0.0170. The summed E-state index contributed by atoms with van der Waals surface area (Å²) >= 11 is 0. The maximum atomic E-state index is 6.02. The van der Waals surface area contributed by atoms with Crippen LogP contribution in [0.4, 0.5) is 0 Å². The Morgan fingerprint density at radius 3 is 2.73 bits per heavy atom. The summed E-state index contributed by atoms with van der Waals surface area (Å²) in [6, 6.07) is 0. The van der Waals surface area contributed by atoms with Gasteiger partial charge in [-0.1, -0.05) is 19.8 Å². The van der Waals surface area contributed by atoms with E-state index in [0.717, 1.165) is 19.7 Å². The van der Waals surface area contributed by atoms with Gasteiger partial charge < -0.3 is 10.5 Å². The van der Waals surface area contributed by atoms with Crippen LogP contribution in [0.3, 0.4) is 0 Å². The molecule has 2 N–H and O–H groups in total. The standard InChI is InChI=1S/C12H26N2O/c1-11-6-4-5-7-12(11,10-13)14(2)8-9-15-3/h11H,4-10,13H2,1-3H3. The lowest BCUT2D eigenvalue weighted by Gasteiger charge is -2.48. The Kier molecular flexibility index (Phi) is 5.03. The third-order valence-corrected chi connectivity index (χ3v) is 4.16. The average molecular weight is 214 g/mol. The minimum absolute atomic E-state index is 0.219. The van der Waals surface area contributed by atoms with E-state index in [0.29, 0.717) is 5.92 Å². The first-order valence-corrected chi connectivity index (χ1v) is 6.07. The van der Waals surface area contributed by atoms with Gasteiger partial charge in [-0.05, 0) is 25.8 Å². The van der Waals surface area contributed by atoms with Crippen LogP contribution in [0, 0.1) is 5.92 Å². The smallest absolute Gasteiger partial charge is 0.0589 e. The summed E-state index contributed by atoms with van der Waals surface area (Å²) in [6.07, 6.45) is 5.24. The minimum Gasteiger partial charge on any atom is -0.383 e. The monoisotopic (exact) mass is 214 g/mol. The summed E-state index contributed by atoms with van der Waals surface area (Å²) < 4.78 is 5.15. The van der Waals surface area contributed by atoms with E-state index >= 15 is 0 Å². The van der Waals surface area contributed by atoms with Crippen LogP contribution < -0.4 is 5.73 Å². The zero-order chi connectivity index (χ0) is 11.3. The maximum Gasteiger partial charge on any atom is 0.0589 e. The van der Waals surface area contributed by atoms with E-state index < -0.39 is 0 Å². The van der Waals surface area contributed by atoms with Gasteiger partial charge in [0.05, 0.1) is 6.61 Å². The van der Waals surface area contributed by atoms with Gasteiger partial charge in [0.1, 0.15) is 0 Å². The van der Waals surface area contributed by atoms with Crippen LogP contribution in [0.5, 0.6) is 0 Å². The molecule has 15 heavy (non-hydrogen) atoms. The molecule has 0 saturated heterocycles. The average Bonchev–Trinajstić information content (AvgIpc) is 2.27. The van der Waals surface area contributed by atoms with Crippen molar-refractivity contribution in [1.82, 2.24) is 4.90 Å². The largest absolute Gasteiger partial charge is 0.383 e. The molecule has 0 aromatic heterocycles. The van der Waals surface area contributed by atoms with E-state index in [9.17, 15) is 0 Å². The molecule has 3 nitrogen and oxygen atoms in total. The van der Waals surface area contributed by atoms with Crippen molar-refractivity contribution < 1.29 is 4.74 Å². The first kappa shape index (κ1) is 12.9. The Hall–Kier alpha value is -0.120. The van der Waals surface area contributed by atoms with Crippen molar-refractivity contribution in [2.24, 2.45) is 11.7 Å². The molecule has 0 spiro atoms. The summed E-state index contributed by atoms with van der Waals surface area (Å²) in [7, 11) is 3.95. The van der Waals surface area contributed by atoms with Crippen LogP contribution in [0.25, 0.3) is 0 Å². The van der Waals surface area contributed by atoms with Gasteiger partial charge in [0, 0.05) is 25.7 Å². The molecule has 2 atom stereocenters. The Bertz CT molecular complexity index is 186. The van der Waals surface area contributed by atoms with Crippen LogP contribution >= 0.6 is 0 Å². The van der Waals surface area contributed by atoms with Gasteiger partial charge >= 0.3 is 0 Å². The van der Waals surface area contributed by atoms with Crippen molar-refractivity contribution in [2.75, 3.05) is 33.9 Å². The molecule has 3 heteroatoms. The zero-order valence-corrected chi connectivity index (χ0v) is 10.5. The molecule has 0 aromatic carbocycles. The zero-order valence-electron chi connectivity index (χ0n) is 10.5. The highest BCUT2D eigenvalue weighted by Gasteiger charge is 2.39. The molecule has 1 aliphatic carbocycles. The lowest BCUT2D eigenvalue weighted by atomic mass is 9.72. The number of hydrogen-bond donors (Lipinski definition) is 1. The third-order valence-electron chi connectivity index (χ3n) is 4.16. The highest BCUT2D eigenvalue weighted by atomic mass is 16.5. The molecular formula is C12H26N2O. The number of ether oxygens (including phenoxy) is 1. The van der Waals surface area contributed by atoms with Crippen molar-refractivity contribution in [3.05, 3.63) is 0 Å². The van der Waals surface area contributed by atoms with E-state index in [1.165, 1.54) is 25.7 Å². The first-order valence-electron chi connectivity index (χ1n) is 6.07. The van der Waals surface area contributed by atoms with Crippen LogP contribution in [0.1, 0.15) is 32.6 Å². The normalized spacial score (nSPS) is 32.2. The lowest BCUT2D eigenvalue weighted by Crippen LogP contribution is -2.58. The second-order valence-corrected chi connectivity index (χ2v) is 4.87. The molecule has 1 aliphatic rings. The van der Waals surface area contributed by atoms with Crippen molar-refractivity contribution >= 4 is 0 Å². The van der Waals surface area contributed by atoms with Crippen molar-refractivity contribution in [3.63, 3.8) is 0 Å². The molecule has 0 amide bonds. The van der Waals surface area contributed by atoms with Crippen LogP contribution in [0.15, 0.2) is 0 Å². The fourth-order valence-electron chi connectivity index (χ4n) is 2.87. The van der Waals surface area contributed by atoms with Gasteiger partial charge in [-0.2, -0.15) is 0 Å². The number of rotatable bonds is 5. The fraction of sp³-hybridized carbons (Fsp3) is 1.00. The van der Waals surface area contributed by atoms with Gasteiger partial charge in [-0.3, -0.25) is 4.90 Å². The Morgan fingerprint density at radius 1 is 1.47 bits per heavy atom. The highest BCUT2D eigenvalue weighted by Crippen LogP contribution is 2.36. The number of nitrogens with two attached hydrogens (primary N) is 1. The molecule has 0 aliphatic heterocycles. The van der Waals surface area contributed by atoms with Gasteiger partial charge in [0.25, 0.3) is 0 Å². The van der Waals surface area contributed by atoms with E-state index in [4.69, 9.17) is 10.5 Å². The maximum absolute atomic E-state index is 6.02. The van der Waals surface area contributed by atoms with E-state index in [1.54, 1.807) is 7.11 Å². The summed E-state index contributed by atoms with van der Waals surface area (Å²) in [4.78, 5) is 2.42. The number of nitrogens with zero attached hydrogens (tertiary/aromatic N) is 1. The Balaban J connectivity index is 2.63. The summed E-state index contributed by atoms with van der Waals surface area (Å²) in [5.41, 5.74) is 6.24. The highest BCUT2D eigenvalue weighted by molar-refractivity contribution is 4.97. The number of likely N-dealkylation sites (N-methyl/N-ethyl adjacent to an activating group) is 1. The van der Waals surface area contributed by atoms with E-state index in [1.807, 2.05) is 0 Å². The van der Waals surface area contributed by atoms with Crippen molar-refractivity contribution in [2.45, 2.75) is 38.1 Å². The van der Waals surface area contributed by atoms with Crippen molar-refractivity contribution in [3.8, 4) is 0 Å². The van der Waals surface area contributed by atoms with Crippen LogP contribution in [0.2, 0.25) is 0 Å². The number of hydrogen-bond acceptors (Lipinski definition) is 3. The SMILES string of the molecule is COCCN(C)C1(CN)CCCCC1C. The van der Waals surface area contributed by atoms with Gasteiger partial charge in [-0.25, -0.2) is 0 Å².